The van der Waals surface area contributed by atoms with Crippen LogP contribution in [0.5, 0.6) is 10.9 Å². The largest absolute Gasteiger partial charge is 0.496 e. The molecule has 0 saturated carbocycles. The fourth-order valence-electron chi connectivity index (χ4n) is 2.74. The zero-order chi connectivity index (χ0) is 20.3. The number of thioether (sulfide) groups is 1. The molecule has 0 unspecified atom stereocenters. The minimum Gasteiger partial charge on any atom is -0.496 e. The number of aryl methyl sites for hydroxylation is 2. The molecule has 2 aromatic heterocycles. The van der Waals surface area contributed by atoms with Crippen molar-refractivity contribution < 1.29 is 14.3 Å². The summed E-state index contributed by atoms with van der Waals surface area (Å²) in [5.41, 5.74) is 3.92. The van der Waals surface area contributed by atoms with Crippen LogP contribution in [0.3, 0.4) is 0 Å². The summed E-state index contributed by atoms with van der Waals surface area (Å²) in [7, 11) is 3.13. The van der Waals surface area contributed by atoms with Gasteiger partial charge in [0.15, 0.2) is 0 Å². The molecule has 0 aliphatic carbocycles. The van der Waals surface area contributed by atoms with Gasteiger partial charge in [-0.1, -0.05) is 5.10 Å². The van der Waals surface area contributed by atoms with Crippen molar-refractivity contribution in [2.45, 2.75) is 18.7 Å². The predicted octanol–water partition coefficient (Wildman–Crippen LogP) is 4.21. The number of nitrogens with zero attached hydrogens (tertiary/aromatic N) is 3. The number of hydrogen-bond donors (Lipinski definition) is 1. The second-order valence-electron chi connectivity index (χ2n) is 5.92. The number of nitrogens with one attached hydrogen (secondary N) is 1. The molecule has 3 aromatic rings. The van der Waals surface area contributed by atoms with Gasteiger partial charge in [0.2, 0.25) is 5.13 Å². The van der Waals surface area contributed by atoms with Crippen molar-refractivity contribution in [2.24, 2.45) is 0 Å². The van der Waals surface area contributed by atoms with E-state index in [1.54, 1.807) is 25.1 Å². The fraction of sp³-hybridized carbons (Fsp3) is 0.263. The highest BCUT2D eigenvalue weighted by Crippen LogP contribution is 2.37. The summed E-state index contributed by atoms with van der Waals surface area (Å²) in [6.07, 6.45) is 3.59. The maximum absolute atomic E-state index is 12.9. The summed E-state index contributed by atoms with van der Waals surface area (Å²) < 4.78 is 10.6. The van der Waals surface area contributed by atoms with Crippen LogP contribution in [-0.4, -0.2) is 41.6 Å². The number of carbonyl (C=O) groups excluding carboxylic acids is 1. The highest BCUT2D eigenvalue weighted by Gasteiger charge is 2.19. The molecule has 0 aliphatic rings. The number of pyridine rings is 1. The summed E-state index contributed by atoms with van der Waals surface area (Å²) >= 11 is 2.80. The van der Waals surface area contributed by atoms with Gasteiger partial charge < -0.3 is 9.47 Å². The first kappa shape index (κ1) is 20.1. The Morgan fingerprint density at radius 1 is 1.11 bits per heavy atom. The molecule has 0 fully saturated rings. The minimum absolute atomic E-state index is 0.324. The molecule has 3 rings (SSSR count). The highest BCUT2D eigenvalue weighted by atomic mass is 32.2. The lowest BCUT2D eigenvalue weighted by Crippen LogP contribution is -2.14. The van der Waals surface area contributed by atoms with Gasteiger partial charge in [0, 0.05) is 27.9 Å². The van der Waals surface area contributed by atoms with Crippen LogP contribution in [0, 0.1) is 13.8 Å². The van der Waals surface area contributed by atoms with Gasteiger partial charge in [-0.3, -0.25) is 15.1 Å². The average molecular weight is 417 g/mol. The Morgan fingerprint density at radius 3 is 2.54 bits per heavy atom. The zero-order valence-electron chi connectivity index (χ0n) is 16.2. The Labute approximate surface area is 171 Å². The van der Waals surface area contributed by atoms with Crippen LogP contribution in [0.4, 0.5) is 5.13 Å². The number of aromatic nitrogens is 3. The van der Waals surface area contributed by atoms with E-state index in [9.17, 15) is 4.79 Å². The van der Waals surface area contributed by atoms with E-state index < -0.39 is 0 Å². The van der Waals surface area contributed by atoms with Crippen molar-refractivity contribution in [2.75, 3.05) is 25.8 Å². The number of ether oxygens (including phenoxy) is 2. The summed E-state index contributed by atoms with van der Waals surface area (Å²) in [4.78, 5) is 18.3. The third-order valence-corrected chi connectivity index (χ3v) is 5.77. The van der Waals surface area contributed by atoms with Crippen LogP contribution in [0.1, 0.15) is 21.6 Å². The van der Waals surface area contributed by atoms with E-state index in [0.717, 1.165) is 38.6 Å². The Morgan fingerprint density at radius 2 is 1.89 bits per heavy atom. The van der Waals surface area contributed by atoms with Crippen molar-refractivity contribution in [3.8, 4) is 22.1 Å². The van der Waals surface area contributed by atoms with Crippen molar-refractivity contribution >= 4 is 34.1 Å². The maximum Gasteiger partial charge on any atom is 0.295 e. The Kier molecular flexibility index (Phi) is 6.15. The topological polar surface area (TPSA) is 86.2 Å². The number of methoxy groups -OCH3 is 2. The van der Waals surface area contributed by atoms with Gasteiger partial charge in [0.1, 0.15) is 5.75 Å². The molecule has 28 heavy (non-hydrogen) atoms. The van der Waals surface area contributed by atoms with Gasteiger partial charge in [-0.25, -0.2) is 0 Å². The molecule has 146 valence electrons. The summed E-state index contributed by atoms with van der Waals surface area (Å²) in [6.45, 7) is 3.92. The van der Waals surface area contributed by atoms with Crippen molar-refractivity contribution in [1.29, 1.82) is 0 Å². The SMILES string of the molecule is COc1nnc(NC(=O)c2cnc(C)cc2-c2cc(C)c(SC)cc2OC)s1. The van der Waals surface area contributed by atoms with E-state index in [2.05, 4.69) is 20.5 Å². The molecule has 0 saturated heterocycles. The second kappa shape index (κ2) is 8.57. The fourth-order valence-corrected chi connectivity index (χ4v) is 3.90. The lowest BCUT2D eigenvalue weighted by molar-refractivity contribution is 0.102. The lowest BCUT2D eigenvalue weighted by atomic mass is 9.97. The highest BCUT2D eigenvalue weighted by molar-refractivity contribution is 7.98. The Bertz CT molecular complexity index is 1020. The van der Waals surface area contributed by atoms with Crippen LogP contribution in [0.25, 0.3) is 11.1 Å². The zero-order valence-corrected chi connectivity index (χ0v) is 17.8. The summed E-state index contributed by atoms with van der Waals surface area (Å²) in [5.74, 6) is 0.377. The monoisotopic (exact) mass is 416 g/mol. The van der Waals surface area contributed by atoms with Crippen LogP contribution in [-0.2, 0) is 0 Å². The van der Waals surface area contributed by atoms with E-state index in [1.165, 1.54) is 7.11 Å². The Balaban J connectivity index is 2.06. The van der Waals surface area contributed by atoms with Gasteiger partial charge in [0.25, 0.3) is 11.1 Å². The Hall–Kier alpha value is -2.65. The first-order chi connectivity index (χ1) is 13.5. The van der Waals surface area contributed by atoms with E-state index in [0.29, 0.717) is 21.6 Å². The number of rotatable bonds is 6. The molecule has 0 radical (unpaired) electrons. The van der Waals surface area contributed by atoms with Crippen LogP contribution in [0.2, 0.25) is 0 Å². The van der Waals surface area contributed by atoms with E-state index in [-0.39, 0.29) is 5.91 Å². The van der Waals surface area contributed by atoms with E-state index in [4.69, 9.17) is 9.47 Å². The average Bonchev–Trinajstić information content (AvgIpc) is 3.15. The number of carbonyl (C=O) groups is 1. The number of hydrogen-bond acceptors (Lipinski definition) is 8. The van der Waals surface area contributed by atoms with Crippen molar-refractivity contribution in [3.63, 3.8) is 0 Å². The molecule has 1 N–H and O–H groups in total. The quantitative estimate of drug-likeness (QED) is 0.602. The van der Waals surface area contributed by atoms with Gasteiger partial charge in [-0.2, -0.15) is 0 Å². The second-order valence-corrected chi connectivity index (χ2v) is 7.71. The third-order valence-electron chi connectivity index (χ3n) is 4.09. The number of anilines is 1. The van der Waals surface area contributed by atoms with E-state index in [1.807, 2.05) is 38.3 Å². The maximum atomic E-state index is 12.9. The first-order valence-corrected chi connectivity index (χ1v) is 10.4. The molecule has 0 aliphatic heterocycles. The van der Waals surface area contributed by atoms with Gasteiger partial charge >= 0.3 is 0 Å². The smallest absolute Gasteiger partial charge is 0.295 e. The molecule has 0 atom stereocenters. The molecule has 1 aromatic carbocycles. The third kappa shape index (κ3) is 4.10. The molecular formula is C19H20N4O3S2. The van der Waals surface area contributed by atoms with Crippen LogP contribution < -0.4 is 14.8 Å². The van der Waals surface area contributed by atoms with Gasteiger partial charge in [0.05, 0.1) is 19.8 Å². The molecule has 2 heterocycles. The van der Waals surface area contributed by atoms with Gasteiger partial charge in [-0.15, -0.1) is 16.9 Å². The molecule has 0 bridgehead atoms. The summed E-state index contributed by atoms with van der Waals surface area (Å²) in [6, 6.07) is 5.90. The number of benzene rings is 1. The van der Waals surface area contributed by atoms with Crippen molar-refractivity contribution in [1.82, 2.24) is 15.2 Å². The molecule has 7 nitrogen and oxygen atoms in total. The molecule has 0 spiro atoms. The summed E-state index contributed by atoms with van der Waals surface area (Å²) in [5, 5.41) is 11.2. The van der Waals surface area contributed by atoms with Crippen LogP contribution in [0.15, 0.2) is 29.3 Å². The molecule has 1 amide bonds. The number of amides is 1. The predicted molar refractivity (Wildman–Crippen MR) is 112 cm³/mol. The van der Waals surface area contributed by atoms with Gasteiger partial charge in [-0.05, 0) is 55.2 Å². The first-order valence-electron chi connectivity index (χ1n) is 8.35. The normalized spacial score (nSPS) is 10.6. The lowest BCUT2D eigenvalue weighted by Gasteiger charge is -2.16. The molecular weight excluding hydrogens is 396 g/mol. The standard InChI is InChI=1S/C19H20N4O3S2/c1-10-6-13(15(25-3)8-16(10)27-5)12-7-11(2)20-9-14(12)17(24)21-18-22-23-19(26-4)28-18/h6-9H,1-5H3,(H,21,22,24). The van der Waals surface area contributed by atoms with Crippen molar-refractivity contribution in [3.05, 3.63) is 41.2 Å². The van der Waals surface area contributed by atoms with E-state index >= 15 is 0 Å². The minimum atomic E-state index is -0.324. The molecule has 9 heteroatoms. The van der Waals surface area contributed by atoms with Crippen LogP contribution >= 0.6 is 23.1 Å².